The van der Waals surface area contributed by atoms with Crippen molar-refractivity contribution >= 4 is 17.2 Å². The van der Waals surface area contributed by atoms with Crippen molar-refractivity contribution < 1.29 is 0 Å². The second kappa shape index (κ2) is 5.49. The van der Waals surface area contributed by atoms with Gasteiger partial charge in [-0.2, -0.15) is 0 Å². The van der Waals surface area contributed by atoms with Crippen molar-refractivity contribution in [3.05, 3.63) is 41.5 Å². The van der Waals surface area contributed by atoms with Crippen LogP contribution in [0.25, 0.3) is 5.65 Å². The molecule has 0 saturated carbocycles. The number of fused-ring (bicyclic) bond motifs is 1. The molecule has 3 aromatic rings. The number of rotatable bonds is 2. The third-order valence-corrected chi connectivity index (χ3v) is 4.58. The van der Waals surface area contributed by atoms with E-state index >= 15 is 0 Å². The summed E-state index contributed by atoms with van der Waals surface area (Å²) in [5.74, 6) is 0.922. The number of tetrazole rings is 1. The van der Waals surface area contributed by atoms with Gasteiger partial charge in [-0.15, -0.1) is 14.8 Å². The van der Waals surface area contributed by atoms with Crippen molar-refractivity contribution in [2.45, 2.75) is 13.8 Å². The Bertz CT molecular complexity index is 833. The molecular weight excluding hydrogens is 290 g/mol. The third-order valence-electron chi connectivity index (χ3n) is 4.58. The molecule has 1 saturated heterocycles. The number of benzene rings is 1. The fourth-order valence-electron chi connectivity index (χ4n) is 3.06. The van der Waals surface area contributed by atoms with Gasteiger partial charge in [0.15, 0.2) is 11.5 Å². The first-order valence-electron chi connectivity index (χ1n) is 7.84. The highest BCUT2D eigenvalue weighted by atomic mass is 15.6. The van der Waals surface area contributed by atoms with Gasteiger partial charge in [0.1, 0.15) is 0 Å². The van der Waals surface area contributed by atoms with Gasteiger partial charge in [0.05, 0.1) is 0 Å². The second-order valence-electron chi connectivity index (χ2n) is 5.91. The van der Waals surface area contributed by atoms with Crippen LogP contribution in [0.5, 0.6) is 0 Å². The fraction of sp³-hybridized carbons (Fsp3) is 0.375. The molecule has 0 atom stereocenters. The Morgan fingerprint density at radius 2 is 1.70 bits per heavy atom. The average molecular weight is 309 g/mol. The van der Waals surface area contributed by atoms with E-state index in [1.807, 2.05) is 12.1 Å². The van der Waals surface area contributed by atoms with E-state index in [0.717, 1.165) is 32.0 Å². The lowest BCUT2D eigenvalue weighted by atomic mass is 10.1. The Morgan fingerprint density at radius 3 is 2.52 bits per heavy atom. The van der Waals surface area contributed by atoms with Gasteiger partial charge in [-0.1, -0.05) is 12.1 Å². The summed E-state index contributed by atoms with van der Waals surface area (Å²) in [6.07, 6.45) is 0. The molecule has 1 aliphatic heterocycles. The molecule has 7 nitrogen and oxygen atoms in total. The van der Waals surface area contributed by atoms with Crippen LogP contribution in [0.3, 0.4) is 0 Å². The van der Waals surface area contributed by atoms with Crippen molar-refractivity contribution in [1.82, 2.24) is 25.3 Å². The Labute approximate surface area is 134 Å². The maximum absolute atomic E-state index is 4.48. The molecule has 0 unspecified atom stereocenters. The van der Waals surface area contributed by atoms with E-state index in [2.05, 4.69) is 62.5 Å². The summed E-state index contributed by atoms with van der Waals surface area (Å²) in [6.45, 7) is 8.21. The molecule has 1 aliphatic rings. The summed E-state index contributed by atoms with van der Waals surface area (Å²) in [4.78, 5) is 4.73. The second-order valence-corrected chi connectivity index (χ2v) is 5.91. The van der Waals surface area contributed by atoms with Crippen molar-refractivity contribution in [3.8, 4) is 0 Å². The third kappa shape index (κ3) is 2.48. The first-order chi connectivity index (χ1) is 11.2. The Balaban J connectivity index is 1.51. The number of nitrogens with zero attached hydrogens (tertiary/aromatic N) is 7. The summed E-state index contributed by atoms with van der Waals surface area (Å²) in [6, 6.07) is 10.4. The Kier molecular flexibility index (Phi) is 3.33. The fourth-order valence-corrected chi connectivity index (χ4v) is 3.06. The van der Waals surface area contributed by atoms with Crippen molar-refractivity contribution in [3.63, 3.8) is 0 Å². The van der Waals surface area contributed by atoms with Crippen LogP contribution in [0.1, 0.15) is 11.1 Å². The predicted molar refractivity (Wildman–Crippen MR) is 88.9 cm³/mol. The summed E-state index contributed by atoms with van der Waals surface area (Å²) in [5, 5.41) is 15.9. The van der Waals surface area contributed by atoms with Gasteiger partial charge in [-0.05, 0) is 53.6 Å². The van der Waals surface area contributed by atoms with Crippen molar-refractivity contribution in [2.75, 3.05) is 36.0 Å². The first-order valence-corrected chi connectivity index (χ1v) is 7.84. The number of hydrogen-bond acceptors (Lipinski definition) is 6. The van der Waals surface area contributed by atoms with Crippen LogP contribution in [-0.2, 0) is 0 Å². The van der Waals surface area contributed by atoms with E-state index in [1.165, 1.54) is 21.4 Å². The zero-order valence-electron chi connectivity index (χ0n) is 13.3. The van der Waals surface area contributed by atoms with Gasteiger partial charge >= 0.3 is 0 Å². The van der Waals surface area contributed by atoms with Crippen molar-refractivity contribution in [1.29, 1.82) is 0 Å². The van der Waals surface area contributed by atoms with E-state index < -0.39 is 0 Å². The topological polar surface area (TPSA) is 62.5 Å². The largest absolute Gasteiger partial charge is 0.368 e. The molecule has 0 aliphatic carbocycles. The SMILES string of the molecule is Cc1cccc(N2CCN(c3ccc4nnnn4n3)CC2)c1C. The van der Waals surface area contributed by atoms with Gasteiger partial charge in [-0.3, -0.25) is 0 Å². The smallest absolute Gasteiger partial charge is 0.200 e. The Morgan fingerprint density at radius 1 is 0.913 bits per heavy atom. The summed E-state index contributed by atoms with van der Waals surface area (Å²) in [5.41, 5.74) is 4.72. The van der Waals surface area contributed by atoms with E-state index in [9.17, 15) is 0 Å². The van der Waals surface area contributed by atoms with E-state index in [-0.39, 0.29) is 0 Å². The molecule has 0 spiro atoms. The predicted octanol–water partition coefficient (Wildman–Crippen LogP) is 1.46. The highest BCUT2D eigenvalue weighted by Crippen LogP contribution is 2.24. The minimum atomic E-state index is 0.669. The van der Waals surface area contributed by atoms with Crippen LogP contribution in [0.15, 0.2) is 30.3 Å². The van der Waals surface area contributed by atoms with Gasteiger partial charge < -0.3 is 9.80 Å². The quantitative estimate of drug-likeness (QED) is 0.714. The standard InChI is InChI=1S/C16H19N7/c1-12-4-3-5-14(13(12)2)21-8-10-22(11-9-21)16-7-6-15-17-19-20-23(15)18-16/h3-7H,8-11H2,1-2H3. The maximum atomic E-state index is 4.48. The molecule has 0 amide bonds. The molecular formula is C16H19N7. The molecule has 0 N–H and O–H groups in total. The van der Waals surface area contributed by atoms with Gasteiger partial charge in [0.2, 0.25) is 0 Å². The van der Waals surface area contributed by atoms with Gasteiger partial charge in [-0.25, -0.2) is 0 Å². The number of piperazine rings is 1. The molecule has 7 heteroatoms. The Hall–Kier alpha value is -2.70. The zero-order valence-corrected chi connectivity index (χ0v) is 13.3. The minimum absolute atomic E-state index is 0.669. The van der Waals surface area contributed by atoms with Gasteiger partial charge in [0.25, 0.3) is 0 Å². The molecule has 2 aromatic heterocycles. The van der Waals surface area contributed by atoms with Crippen molar-refractivity contribution in [2.24, 2.45) is 0 Å². The molecule has 0 bridgehead atoms. The molecule has 0 radical (unpaired) electrons. The van der Waals surface area contributed by atoms with E-state index in [4.69, 9.17) is 0 Å². The molecule has 1 aromatic carbocycles. The number of anilines is 2. The molecule has 23 heavy (non-hydrogen) atoms. The number of hydrogen-bond donors (Lipinski definition) is 0. The lowest BCUT2D eigenvalue weighted by Crippen LogP contribution is -2.47. The number of aromatic nitrogens is 5. The molecule has 118 valence electrons. The van der Waals surface area contributed by atoms with Crippen LogP contribution in [-0.4, -0.2) is 51.4 Å². The van der Waals surface area contributed by atoms with Crippen LogP contribution in [0.2, 0.25) is 0 Å². The van der Waals surface area contributed by atoms with Crippen LogP contribution < -0.4 is 9.80 Å². The number of aryl methyl sites for hydroxylation is 1. The highest BCUT2D eigenvalue weighted by molar-refractivity contribution is 5.57. The van der Waals surface area contributed by atoms with E-state index in [0.29, 0.717) is 5.65 Å². The van der Waals surface area contributed by atoms with E-state index in [1.54, 1.807) is 0 Å². The average Bonchev–Trinajstić information content (AvgIpc) is 3.05. The summed E-state index contributed by atoms with van der Waals surface area (Å²) < 4.78 is 1.48. The molecule has 4 rings (SSSR count). The molecule has 1 fully saturated rings. The first kappa shape index (κ1) is 13.9. The zero-order chi connectivity index (χ0) is 15.8. The van der Waals surface area contributed by atoms with Gasteiger partial charge in [0, 0.05) is 31.9 Å². The minimum Gasteiger partial charge on any atom is -0.368 e. The lowest BCUT2D eigenvalue weighted by Gasteiger charge is -2.37. The van der Waals surface area contributed by atoms with Crippen LogP contribution in [0.4, 0.5) is 11.5 Å². The highest BCUT2D eigenvalue weighted by Gasteiger charge is 2.20. The summed E-state index contributed by atoms with van der Waals surface area (Å²) in [7, 11) is 0. The normalized spacial score (nSPS) is 15.4. The van der Waals surface area contributed by atoms with Crippen LogP contribution >= 0.6 is 0 Å². The lowest BCUT2D eigenvalue weighted by molar-refractivity contribution is 0.632. The van der Waals surface area contributed by atoms with Crippen LogP contribution in [0, 0.1) is 13.8 Å². The summed E-state index contributed by atoms with van der Waals surface area (Å²) >= 11 is 0. The molecule has 3 heterocycles. The monoisotopic (exact) mass is 309 g/mol. The maximum Gasteiger partial charge on any atom is 0.200 e.